The predicted octanol–water partition coefficient (Wildman–Crippen LogP) is 1.73. The normalized spacial score (nSPS) is 10.2. The Morgan fingerprint density at radius 1 is 1.13 bits per heavy atom. The summed E-state index contributed by atoms with van der Waals surface area (Å²) in [4.78, 5) is 2.24. The quantitative estimate of drug-likeness (QED) is 0.552. The predicted molar refractivity (Wildman–Crippen MR) is 76.0 cm³/mol. The summed E-state index contributed by atoms with van der Waals surface area (Å²) in [6.45, 7) is 5.51. The zero-order valence-electron chi connectivity index (χ0n) is 10.3. The average Bonchev–Trinajstić information content (AvgIpc) is 2.26. The molecule has 0 spiro atoms. The van der Waals surface area contributed by atoms with Crippen LogP contribution >= 0.6 is 9.12 Å². The second-order valence-corrected chi connectivity index (χ2v) is 4.48. The van der Waals surface area contributed by atoms with E-state index in [1.54, 1.807) is 0 Å². The van der Waals surface area contributed by atoms with Gasteiger partial charge < -0.3 is 4.90 Å². The van der Waals surface area contributed by atoms with Crippen LogP contribution in [0.1, 0.15) is 25.0 Å². The topological polar surface area (TPSA) is 3.24 Å². The molecule has 3 heteroatoms. The molecule has 0 saturated heterocycles. The van der Waals surface area contributed by atoms with Crippen molar-refractivity contribution in [2.24, 2.45) is 0 Å². The zero-order chi connectivity index (χ0) is 11.4. The molecule has 1 nitrogen and oxygen atoms in total. The van der Waals surface area contributed by atoms with Crippen molar-refractivity contribution < 1.29 is 0 Å². The van der Waals surface area contributed by atoms with Gasteiger partial charge in [0.2, 0.25) is 0 Å². The van der Waals surface area contributed by atoms with E-state index >= 15 is 0 Å². The van der Waals surface area contributed by atoms with Crippen molar-refractivity contribution in [3.63, 3.8) is 0 Å². The van der Waals surface area contributed by atoms with Gasteiger partial charge in [-0.3, -0.25) is 0 Å². The van der Waals surface area contributed by atoms with Crippen molar-refractivity contribution in [3.8, 4) is 0 Å². The van der Waals surface area contributed by atoms with Crippen molar-refractivity contribution in [2.75, 3.05) is 19.0 Å². The third-order valence-electron chi connectivity index (χ3n) is 2.77. The molecule has 15 heavy (non-hydrogen) atoms. The maximum atomic E-state index is 2.81. The molecule has 0 radical (unpaired) electrons. The van der Waals surface area contributed by atoms with Gasteiger partial charge in [-0.15, -0.1) is 0 Å². The zero-order valence-corrected chi connectivity index (χ0v) is 11.5. The molecular weight excluding hydrogens is 200 g/mol. The Morgan fingerprint density at radius 2 is 1.60 bits per heavy atom. The van der Waals surface area contributed by atoms with E-state index in [9.17, 15) is 0 Å². The van der Waals surface area contributed by atoms with E-state index in [-0.39, 0.29) is 0 Å². The minimum absolute atomic E-state index is 1.05. The second kappa shape index (κ2) is 5.56. The Labute approximate surface area is 96.7 Å². The van der Waals surface area contributed by atoms with Gasteiger partial charge in [0.1, 0.15) is 0 Å². The molecule has 1 rings (SSSR count). The van der Waals surface area contributed by atoms with Gasteiger partial charge in [-0.2, -0.15) is 9.12 Å². The molecular formula is C12H21BNP. The van der Waals surface area contributed by atoms with E-state index < -0.39 is 0 Å². The Balaban J connectivity index is 3.32. The minimum Gasteiger partial charge on any atom is -0.377 e. The Kier molecular flexibility index (Phi) is 4.66. The Morgan fingerprint density at radius 3 is 1.87 bits per heavy atom. The van der Waals surface area contributed by atoms with Crippen molar-refractivity contribution >= 4 is 27.3 Å². The monoisotopic (exact) mass is 221 g/mol. The lowest BCUT2D eigenvalue weighted by molar-refractivity contribution is 1.02. The van der Waals surface area contributed by atoms with Crippen LogP contribution in [0, 0.1) is 0 Å². The first-order chi connectivity index (χ1) is 7.13. The first-order valence-corrected chi connectivity index (χ1v) is 6.47. The lowest BCUT2D eigenvalue weighted by atomic mass is 9.87. The Hall–Kier alpha value is -0.485. The molecule has 0 amide bonds. The lowest BCUT2D eigenvalue weighted by Crippen LogP contribution is -2.18. The van der Waals surface area contributed by atoms with Crippen LogP contribution in [0.3, 0.4) is 0 Å². The number of hydrogen-bond acceptors (Lipinski definition) is 1. The fourth-order valence-electron chi connectivity index (χ4n) is 2.06. The Bertz CT molecular complexity index is 311. The number of benzene rings is 1. The van der Waals surface area contributed by atoms with Crippen LogP contribution in [0.2, 0.25) is 0 Å². The third-order valence-corrected chi connectivity index (χ3v) is 3.24. The molecule has 1 atom stereocenters. The van der Waals surface area contributed by atoms with E-state index in [0.29, 0.717) is 0 Å². The van der Waals surface area contributed by atoms with Crippen LogP contribution in [0.15, 0.2) is 12.1 Å². The SMILES string of the molecule is CCc1cc(BP)cc(CC)c1N(C)C. The number of aryl methyl sites for hydroxylation is 2. The maximum absolute atomic E-state index is 2.81. The van der Waals surface area contributed by atoms with Gasteiger partial charge in [0, 0.05) is 19.8 Å². The average molecular weight is 221 g/mol. The van der Waals surface area contributed by atoms with Crippen LogP contribution in [0.4, 0.5) is 5.69 Å². The van der Waals surface area contributed by atoms with Gasteiger partial charge >= 0.3 is 0 Å². The van der Waals surface area contributed by atoms with Gasteiger partial charge in [0.15, 0.2) is 7.00 Å². The number of anilines is 1. The molecule has 82 valence electrons. The molecule has 0 aromatic heterocycles. The van der Waals surface area contributed by atoms with E-state index in [4.69, 9.17) is 0 Å². The lowest BCUT2D eigenvalue weighted by Gasteiger charge is -2.22. The molecule has 0 heterocycles. The van der Waals surface area contributed by atoms with Crippen molar-refractivity contribution in [3.05, 3.63) is 23.3 Å². The van der Waals surface area contributed by atoms with E-state index in [2.05, 4.69) is 54.1 Å². The van der Waals surface area contributed by atoms with Gasteiger partial charge in [-0.05, 0) is 24.0 Å². The highest BCUT2D eigenvalue weighted by Gasteiger charge is 2.09. The first kappa shape index (κ1) is 12.6. The summed E-state index contributed by atoms with van der Waals surface area (Å²) in [7, 11) is 7.07. The first-order valence-electron chi connectivity index (χ1n) is 5.66. The number of hydrogen-bond donors (Lipinski definition) is 0. The van der Waals surface area contributed by atoms with Crippen LogP contribution in [0.5, 0.6) is 0 Å². The molecule has 0 bridgehead atoms. The summed E-state index contributed by atoms with van der Waals surface area (Å²) in [6, 6.07) is 4.67. The third kappa shape index (κ3) is 2.75. The highest BCUT2D eigenvalue weighted by atomic mass is 31.0. The fourth-order valence-corrected chi connectivity index (χ4v) is 2.30. The van der Waals surface area contributed by atoms with Crippen molar-refractivity contribution in [1.29, 1.82) is 0 Å². The van der Waals surface area contributed by atoms with Crippen LogP contribution in [0.25, 0.3) is 0 Å². The van der Waals surface area contributed by atoms with E-state index in [1.807, 2.05) is 0 Å². The fraction of sp³-hybridized carbons (Fsp3) is 0.500. The largest absolute Gasteiger partial charge is 0.377 e. The highest BCUT2D eigenvalue weighted by molar-refractivity contribution is 7.58. The van der Waals surface area contributed by atoms with Gasteiger partial charge in [-0.1, -0.05) is 31.4 Å². The van der Waals surface area contributed by atoms with Crippen LogP contribution < -0.4 is 10.4 Å². The van der Waals surface area contributed by atoms with Crippen molar-refractivity contribution in [1.82, 2.24) is 0 Å². The van der Waals surface area contributed by atoms with Crippen LogP contribution in [-0.4, -0.2) is 21.1 Å². The summed E-state index contributed by atoms with van der Waals surface area (Å²) in [5.41, 5.74) is 5.79. The van der Waals surface area contributed by atoms with E-state index in [1.165, 1.54) is 22.3 Å². The van der Waals surface area contributed by atoms with Gasteiger partial charge in [0.25, 0.3) is 0 Å². The van der Waals surface area contributed by atoms with E-state index in [0.717, 1.165) is 19.8 Å². The van der Waals surface area contributed by atoms with Gasteiger partial charge in [0.05, 0.1) is 0 Å². The summed E-state index contributed by atoms with van der Waals surface area (Å²) in [6.07, 6.45) is 2.22. The highest BCUT2D eigenvalue weighted by Crippen LogP contribution is 2.24. The summed E-state index contributed by atoms with van der Waals surface area (Å²) in [5.74, 6) is 0. The van der Waals surface area contributed by atoms with Crippen LogP contribution in [-0.2, 0) is 12.8 Å². The standard InChI is InChI=1S/C12H21BNP/c1-5-9-7-11(13-15)8-10(6-2)12(9)14(3)4/h7-8,13H,5-6,15H2,1-4H3. The second-order valence-electron chi connectivity index (χ2n) is 4.07. The summed E-state index contributed by atoms with van der Waals surface area (Å²) in [5, 5.41) is 0. The minimum atomic E-state index is 1.05. The van der Waals surface area contributed by atoms with Crippen molar-refractivity contribution in [2.45, 2.75) is 26.7 Å². The molecule has 0 fully saturated rings. The number of rotatable bonds is 4. The smallest absolute Gasteiger partial charge is 0.180 e. The van der Waals surface area contributed by atoms with Gasteiger partial charge in [-0.25, -0.2) is 0 Å². The molecule has 0 aliphatic heterocycles. The molecule has 1 aromatic carbocycles. The summed E-state index contributed by atoms with van der Waals surface area (Å²) < 4.78 is 0. The number of nitrogens with zero attached hydrogens (tertiary/aromatic N) is 1. The molecule has 0 aliphatic carbocycles. The summed E-state index contributed by atoms with van der Waals surface area (Å²) >= 11 is 0. The maximum Gasteiger partial charge on any atom is 0.180 e. The molecule has 0 N–H and O–H groups in total. The molecule has 0 aliphatic rings. The molecule has 1 unspecified atom stereocenters. The molecule has 0 saturated carbocycles. The molecule has 1 aromatic rings.